The molecule has 1 aliphatic heterocycles. The SMILES string of the molecule is O=C(CN1CCOCCOc2ccccc2Nc2ncccc2C1=O)NCC(O)CO. The Labute approximate surface area is 179 Å². The molecule has 0 saturated heterocycles. The van der Waals surface area contributed by atoms with Crippen LogP contribution in [0.15, 0.2) is 42.6 Å². The highest BCUT2D eigenvalue weighted by Gasteiger charge is 2.23. The van der Waals surface area contributed by atoms with Gasteiger partial charge in [0.15, 0.2) is 0 Å². The number of para-hydroxylation sites is 2. The number of rotatable bonds is 5. The van der Waals surface area contributed by atoms with E-state index in [0.29, 0.717) is 36.0 Å². The van der Waals surface area contributed by atoms with Gasteiger partial charge in [-0.05, 0) is 24.3 Å². The first-order valence-electron chi connectivity index (χ1n) is 9.95. The highest BCUT2D eigenvalue weighted by Crippen LogP contribution is 2.28. The number of carbonyl (C=O) groups excluding carboxylic acids is 2. The summed E-state index contributed by atoms with van der Waals surface area (Å²) >= 11 is 0. The van der Waals surface area contributed by atoms with Crippen molar-refractivity contribution in [3.8, 4) is 5.75 Å². The molecule has 0 saturated carbocycles. The smallest absolute Gasteiger partial charge is 0.258 e. The van der Waals surface area contributed by atoms with Crippen LogP contribution < -0.4 is 15.4 Å². The maximum Gasteiger partial charge on any atom is 0.258 e. The molecule has 1 atom stereocenters. The van der Waals surface area contributed by atoms with Gasteiger partial charge in [-0.2, -0.15) is 0 Å². The lowest BCUT2D eigenvalue weighted by Gasteiger charge is -2.23. The summed E-state index contributed by atoms with van der Waals surface area (Å²) in [5.41, 5.74) is 0.941. The molecule has 0 radical (unpaired) electrons. The second-order valence-corrected chi connectivity index (χ2v) is 6.85. The molecule has 1 unspecified atom stereocenters. The van der Waals surface area contributed by atoms with E-state index in [1.165, 1.54) is 4.90 Å². The van der Waals surface area contributed by atoms with Crippen LogP contribution in [0.4, 0.5) is 11.5 Å². The lowest BCUT2D eigenvalue weighted by atomic mass is 10.2. The summed E-state index contributed by atoms with van der Waals surface area (Å²) in [5.74, 6) is 0.0878. The number of aromatic nitrogens is 1. The molecule has 1 aliphatic rings. The van der Waals surface area contributed by atoms with E-state index in [9.17, 15) is 14.7 Å². The summed E-state index contributed by atoms with van der Waals surface area (Å²) in [4.78, 5) is 31.2. The number of benzene rings is 1. The Hall–Kier alpha value is -3.21. The average Bonchev–Trinajstić information content (AvgIpc) is 2.80. The Morgan fingerprint density at radius 1 is 1.23 bits per heavy atom. The number of amides is 2. The number of nitrogens with zero attached hydrogens (tertiary/aromatic N) is 2. The molecule has 2 heterocycles. The van der Waals surface area contributed by atoms with Gasteiger partial charge in [-0.1, -0.05) is 12.1 Å². The van der Waals surface area contributed by atoms with Crippen LogP contribution in [0.3, 0.4) is 0 Å². The van der Waals surface area contributed by atoms with Gasteiger partial charge in [0, 0.05) is 19.3 Å². The van der Waals surface area contributed by atoms with Gasteiger partial charge in [0.2, 0.25) is 5.91 Å². The third-order valence-corrected chi connectivity index (χ3v) is 4.54. The van der Waals surface area contributed by atoms with Crippen LogP contribution in [0.25, 0.3) is 0 Å². The average molecular weight is 430 g/mol. The molecule has 0 fully saturated rings. The van der Waals surface area contributed by atoms with E-state index in [1.807, 2.05) is 24.3 Å². The Morgan fingerprint density at radius 2 is 2.06 bits per heavy atom. The minimum atomic E-state index is -1.06. The van der Waals surface area contributed by atoms with E-state index < -0.39 is 24.5 Å². The van der Waals surface area contributed by atoms with E-state index in [0.717, 1.165) is 0 Å². The van der Waals surface area contributed by atoms with E-state index in [1.54, 1.807) is 18.3 Å². The number of hydrogen-bond donors (Lipinski definition) is 4. The van der Waals surface area contributed by atoms with Crippen LogP contribution in [0.5, 0.6) is 5.75 Å². The Kier molecular flexibility index (Phi) is 8.16. The van der Waals surface area contributed by atoms with Crippen molar-refractivity contribution in [3.63, 3.8) is 0 Å². The fourth-order valence-corrected chi connectivity index (χ4v) is 2.94. The number of fused-ring (bicyclic) bond motifs is 2. The van der Waals surface area contributed by atoms with Crippen LogP contribution in [0, 0.1) is 0 Å². The Balaban J connectivity index is 1.84. The second-order valence-electron chi connectivity index (χ2n) is 6.85. The standard InChI is InChI=1S/C21H26N4O6/c26-14-15(27)12-23-19(28)13-25-8-9-30-10-11-31-18-6-2-1-5-17(18)24-20-16(21(25)29)4-3-7-22-20/h1-7,15,26-27H,8-14H2,(H,22,24)(H,23,28). The zero-order valence-electron chi connectivity index (χ0n) is 17.0. The molecule has 4 N–H and O–H groups in total. The van der Waals surface area contributed by atoms with Gasteiger partial charge < -0.3 is 35.2 Å². The lowest BCUT2D eigenvalue weighted by molar-refractivity contribution is -0.122. The van der Waals surface area contributed by atoms with E-state index in [2.05, 4.69) is 15.6 Å². The summed E-state index contributed by atoms with van der Waals surface area (Å²) in [6, 6.07) is 10.6. The highest BCUT2D eigenvalue weighted by atomic mass is 16.5. The van der Waals surface area contributed by atoms with Gasteiger partial charge >= 0.3 is 0 Å². The third-order valence-electron chi connectivity index (χ3n) is 4.54. The molecule has 2 amide bonds. The van der Waals surface area contributed by atoms with Crippen LogP contribution >= 0.6 is 0 Å². The van der Waals surface area contributed by atoms with Crippen LogP contribution in [0.1, 0.15) is 10.4 Å². The Bertz CT molecular complexity index is 894. The molecular weight excluding hydrogens is 404 g/mol. The van der Waals surface area contributed by atoms with Crippen molar-refractivity contribution >= 4 is 23.3 Å². The monoisotopic (exact) mass is 430 g/mol. The van der Waals surface area contributed by atoms with Crippen molar-refractivity contribution in [3.05, 3.63) is 48.2 Å². The van der Waals surface area contributed by atoms with Crippen molar-refractivity contribution in [1.29, 1.82) is 0 Å². The number of aliphatic hydroxyl groups is 2. The predicted molar refractivity (Wildman–Crippen MR) is 112 cm³/mol. The normalized spacial score (nSPS) is 15.7. The molecular formula is C21H26N4O6. The lowest BCUT2D eigenvalue weighted by Crippen LogP contribution is -2.44. The van der Waals surface area contributed by atoms with Crippen LogP contribution in [0.2, 0.25) is 0 Å². The molecule has 31 heavy (non-hydrogen) atoms. The van der Waals surface area contributed by atoms with Gasteiger partial charge in [0.25, 0.3) is 5.91 Å². The van der Waals surface area contributed by atoms with Crippen molar-refractivity contribution in [2.45, 2.75) is 6.10 Å². The van der Waals surface area contributed by atoms with E-state index >= 15 is 0 Å². The quantitative estimate of drug-likeness (QED) is 0.527. The molecule has 2 aromatic rings. The largest absolute Gasteiger partial charge is 0.489 e. The third kappa shape index (κ3) is 6.38. The first kappa shape index (κ1) is 22.5. The van der Waals surface area contributed by atoms with E-state index in [-0.39, 0.29) is 26.2 Å². The zero-order valence-corrected chi connectivity index (χ0v) is 17.0. The number of anilines is 2. The molecule has 0 aliphatic carbocycles. The van der Waals surface area contributed by atoms with Crippen molar-refractivity contribution in [2.75, 3.05) is 51.4 Å². The van der Waals surface area contributed by atoms with Gasteiger partial charge in [-0.25, -0.2) is 4.98 Å². The van der Waals surface area contributed by atoms with Crippen LogP contribution in [-0.4, -0.2) is 84.1 Å². The summed E-state index contributed by atoms with van der Waals surface area (Å²) in [5, 5.41) is 23.9. The van der Waals surface area contributed by atoms with Gasteiger partial charge in [-0.15, -0.1) is 0 Å². The molecule has 10 heteroatoms. The number of nitrogens with one attached hydrogen (secondary N) is 2. The van der Waals surface area contributed by atoms with Gasteiger partial charge in [0.05, 0.1) is 43.7 Å². The van der Waals surface area contributed by atoms with Gasteiger partial charge in [-0.3, -0.25) is 9.59 Å². The fourth-order valence-electron chi connectivity index (χ4n) is 2.94. The summed E-state index contributed by atoms with van der Waals surface area (Å²) in [6.07, 6.45) is 0.504. The summed E-state index contributed by atoms with van der Waals surface area (Å²) in [7, 11) is 0. The minimum Gasteiger partial charge on any atom is -0.489 e. The molecule has 10 nitrogen and oxygen atoms in total. The summed E-state index contributed by atoms with van der Waals surface area (Å²) < 4.78 is 11.3. The van der Waals surface area contributed by atoms with Crippen LogP contribution in [-0.2, 0) is 9.53 Å². The number of pyridine rings is 1. The topological polar surface area (TPSA) is 133 Å². The maximum absolute atomic E-state index is 13.3. The first-order valence-corrected chi connectivity index (χ1v) is 9.95. The summed E-state index contributed by atoms with van der Waals surface area (Å²) in [6.45, 7) is 0.217. The van der Waals surface area contributed by atoms with E-state index in [4.69, 9.17) is 14.6 Å². The maximum atomic E-state index is 13.3. The number of ether oxygens (including phenoxy) is 2. The van der Waals surface area contributed by atoms with Gasteiger partial charge in [0.1, 0.15) is 18.2 Å². The number of carbonyl (C=O) groups is 2. The van der Waals surface area contributed by atoms with Crippen molar-refractivity contribution in [2.24, 2.45) is 0 Å². The molecule has 166 valence electrons. The Morgan fingerprint density at radius 3 is 2.90 bits per heavy atom. The highest BCUT2D eigenvalue weighted by molar-refractivity contribution is 6.01. The minimum absolute atomic E-state index is 0.109. The molecule has 1 aromatic carbocycles. The zero-order chi connectivity index (χ0) is 22.1. The molecule has 0 spiro atoms. The number of hydrogen-bond acceptors (Lipinski definition) is 8. The molecule has 3 rings (SSSR count). The molecule has 0 bridgehead atoms. The number of aliphatic hydroxyl groups excluding tert-OH is 2. The predicted octanol–water partition coefficient (Wildman–Crippen LogP) is 0.146. The van der Waals surface area contributed by atoms with Crippen molar-refractivity contribution in [1.82, 2.24) is 15.2 Å². The second kappa shape index (κ2) is 11.3. The van der Waals surface area contributed by atoms with Crippen molar-refractivity contribution < 1.29 is 29.3 Å². The molecule has 1 aromatic heterocycles. The first-order chi connectivity index (χ1) is 15.1. The fraction of sp³-hybridized carbons (Fsp3) is 0.381.